The average Bonchev–Trinajstić information content (AvgIpc) is 3.34. The minimum absolute atomic E-state index is 0.0697. The molecule has 5 rings (SSSR count). The molecule has 0 aliphatic rings. The molecular weight excluding hydrogens is 426 g/mol. The van der Waals surface area contributed by atoms with Crippen LogP contribution < -0.4 is 0 Å². The normalized spacial score (nSPS) is 12.3. The fourth-order valence-electron chi connectivity index (χ4n) is 4.41. The molecule has 0 radical (unpaired) electrons. The van der Waals surface area contributed by atoms with Crippen molar-refractivity contribution < 1.29 is 0 Å². The number of pyridine rings is 1. The minimum Gasteiger partial charge on any atom is -0.256 e. The van der Waals surface area contributed by atoms with E-state index in [1.165, 1.54) is 33.0 Å². The van der Waals surface area contributed by atoms with E-state index in [1.807, 2.05) is 17.1 Å². The second kappa shape index (κ2) is 8.49. The standard InChI is InChI=1S/C32H33N3/c1-31(2,3)25-15-16-33-30(19-25)24-14-13-22-9-8-12-28(29(22)18-24)23-10-7-11-27(17-23)35-21-26(20-34-35)32(4,5)6/h7-21H,1-6H3. The van der Waals surface area contributed by atoms with Gasteiger partial charge in [-0.3, -0.25) is 4.98 Å². The summed E-state index contributed by atoms with van der Waals surface area (Å²) in [6.45, 7) is 13.4. The Labute approximate surface area is 208 Å². The molecule has 0 saturated carbocycles. The van der Waals surface area contributed by atoms with E-state index in [-0.39, 0.29) is 10.8 Å². The lowest BCUT2D eigenvalue weighted by atomic mass is 9.86. The number of aromatic nitrogens is 3. The molecule has 3 nitrogen and oxygen atoms in total. The van der Waals surface area contributed by atoms with E-state index < -0.39 is 0 Å². The minimum atomic E-state index is 0.0697. The van der Waals surface area contributed by atoms with Gasteiger partial charge in [-0.15, -0.1) is 0 Å². The Kier molecular flexibility index (Phi) is 5.59. The third-order valence-electron chi connectivity index (χ3n) is 6.67. The number of nitrogens with zero attached hydrogens (tertiary/aromatic N) is 3. The number of benzene rings is 3. The van der Waals surface area contributed by atoms with E-state index in [0.717, 1.165) is 16.9 Å². The van der Waals surface area contributed by atoms with Gasteiger partial charge < -0.3 is 0 Å². The number of rotatable bonds is 3. The molecular formula is C32H33N3. The van der Waals surface area contributed by atoms with Gasteiger partial charge in [0.05, 0.1) is 17.6 Å². The zero-order valence-electron chi connectivity index (χ0n) is 21.5. The Morgan fingerprint density at radius 2 is 1.46 bits per heavy atom. The lowest BCUT2D eigenvalue weighted by molar-refractivity contribution is 0.589. The van der Waals surface area contributed by atoms with Crippen LogP contribution in [0.3, 0.4) is 0 Å². The van der Waals surface area contributed by atoms with Crippen LogP contribution in [0.25, 0.3) is 38.8 Å². The maximum atomic E-state index is 4.70. The summed E-state index contributed by atoms with van der Waals surface area (Å²) in [7, 11) is 0. The molecule has 3 heteroatoms. The van der Waals surface area contributed by atoms with Crippen molar-refractivity contribution in [3.05, 3.63) is 103 Å². The maximum absolute atomic E-state index is 4.70. The Bertz CT molecular complexity index is 1510. The van der Waals surface area contributed by atoms with Crippen molar-refractivity contribution in [3.63, 3.8) is 0 Å². The van der Waals surface area contributed by atoms with Crippen LogP contribution in [-0.2, 0) is 10.8 Å². The summed E-state index contributed by atoms with van der Waals surface area (Å²) in [6.07, 6.45) is 6.02. The number of hydrogen-bond donors (Lipinski definition) is 0. The van der Waals surface area contributed by atoms with Gasteiger partial charge in [-0.05, 0) is 74.2 Å². The van der Waals surface area contributed by atoms with Crippen molar-refractivity contribution in [2.24, 2.45) is 0 Å². The zero-order valence-corrected chi connectivity index (χ0v) is 21.5. The molecule has 0 aliphatic carbocycles. The van der Waals surface area contributed by atoms with Gasteiger partial charge in [0.1, 0.15) is 0 Å². The van der Waals surface area contributed by atoms with Gasteiger partial charge in [0.25, 0.3) is 0 Å². The molecule has 3 aromatic carbocycles. The highest BCUT2D eigenvalue weighted by Gasteiger charge is 2.17. The SMILES string of the molecule is CC(C)(C)c1ccnc(-c2ccc3cccc(-c4cccc(-n5cc(C(C)(C)C)cn5)c4)c3c2)c1. The maximum Gasteiger partial charge on any atom is 0.0705 e. The third kappa shape index (κ3) is 4.64. The quantitative estimate of drug-likeness (QED) is 0.271. The van der Waals surface area contributed by atoms with Crippen LogP contribution in [-0.4, -0.2) is 14.8 Å². The first-order valence-electron chi connectivity index (χ1n) is 12.3. The van der Waals surface area contributed by atoms with Crippen molar-refractivity contribution in [3.8, 4) is 28.1 Å². The lowest BCUT2D eigenvalue weighted by Crippen LogP contribution is -2.11. The Balaban J connectivity index is 1.59. The van der Waals surface area contributed by atoms with Crippen LogP contribution in [0.5, 0.6) is 0 Å². The number of hydrogen-bond acceptors (Lipinski definition) is 2. The van der Waals surface area contributed by atoms with Crippen LogP contribution in [0.1, 0.15) is 52.7 Å². The van der Waals surface area contributed by atoms with Gasteiger partial charge in [-0.25, -0.2) is 4.68 Å². The van der Waals surface area contributed by atoms with Crippen LogP contribution in [0.2, 0.25) is 0 Å². The zero-order chi connectivity index (χ0) is 24.8. The summed E-state index contributed by atoms with van der Waals surface area (Å²) < 4.78 is 1.97. The van der Waals surface area contributed by atoms with Gasteiger partial charge >= 0.3 is 0 Å². The first kappa shape index (κ1) is 23.0. The molecule has 2 heterocycles. The first-order chi connectivity index (χ1) is 16.6. The second-order valence-electron chi connectivity index (χ2n) is 11.4. The molecule has 0 amide bonds. The Hall–Kier alpha value is -3.72. The first-order valence-corrected chi connectivity index (χ1v) is 12.3. The second-order valence-corrected chi connectivity index (χ2v) is 11.4. The molecule has 35 heavy (non-hydrogen) atoms. The molecule has 176 valence electrons. The van der Waals surface area contributed by atoms with Gasteiger partial charge in [-0.1, -0.05) is 84.0 Å². The van der Waals surface area contributed by atoms with E-state index in [1.54, 1.807) is 0 Å². The summed E-state index contributed by atoms with van der Waals surface area (Å²) in [5.41, 5.74) is 8.25. The topological polar surface area (TPSA) is 30.7 Å². The molecule has 0 fully saturated rings. The van der Waals surface area contributed by atoms with Gasteiger partial charge in [0.15, 0.2) is 0 Å². The van der Waals surface area contributed by atoms with Crippen molar-refractivity contribution in [1.82, 2.24) is 14.8 Å². The van der Waals surface area contributed by atoms with Gasteiger partial charge in [0, 0.05) is 18.0 Å². The van der Waals surface area contributed by atoms with Crippen molar-refractivity contribution in [1.29, 1.82) is 0 Å². The monoisotopic (exact) mass is 459 g/mol. The lowest BCUT2D eigenvalue weighted by Gasteiger charge is -2.19. The van der Waals surface area contributed by atoms with Gasteiger partial charge in [-0.2, -0.15) is 5.10 Å². The average molecular weight is 460 g/mol. The summed E-state index contributed by atoms with van der Waals surface area (Å²) in [4.78, 5) is 4.70. The highest BCUT2D eigenvalue weighted by atomic mass is 15.3. The molecule has 0 unspecified atom stereocenters. The highest BCUT2D eigenvalue weighted by Crippen LogP contribution is 2.34. The smallest absolute Gasteiger partial charge is 0.0705 e. The van der Waals surface area contributed by atoms with E-state index in [4.69, 9.17) is 4.98 Å². The summed E-state index contributed by atoms with van der Waals surface area (Å²) in [6, 6.07) is 26.1. The van der Waals surface area contributed by atoms with E-state index in [2.05, 4.69) is 126 Å². The van der Waals surface area contributed by atoms with Crippen LogP contribution >= 0.6 is 0 Å². The van der Waals surface area contributed by atoms with Crippen LogP contribution in [0.15, 0.2) is 91.4 Å². The van der Waals surface area contributed by atoms with E-state index in [0.29, 0.717) is 0 Å². The summed E-state index contributed by atoms with van der Waals surface area (Å²) in [5.74, 6) is 0. The van der Waals surface area contributed by atoms with Crippen LogP contribution in [0, 0.1) is 0 Å². The summed E-state index contributed by atoms with van der Waals surface area (Å²) >= 11 is 0. The molecule has 2 aromatic heterocycles. The molecule has 0 saturated heterocycles. The predicted molar refractivity (Wildman–Crippen MR) is 147 cm³/mol. The molecule has 5 aromatic rings. The van der Waals surface area contributed by atoms with E-state index >= 15 is 0 Å². The van der Waals surface area contributed by atoms with Crippen molar-refractivity contribution >= 4 is 10.8 Å². The van der Waals surface area contributed by atoms with Gasteiger partial charge in [0.2, 0.25) is 0 Å². The Morgan fingerprint density at radius 1 is 0.686 bits per heavy atom. The summed E-state index contributed by atoms with van der Waals surface area (Å²) in [5, 5.41) is 7.08. The van der Waals surface area contributed by atoms with Crippen molar-refractivity contribution in [2.45, 2.75) is 52.4 Å². The highest BCUT2D eigenvalue weighted by molar-refractivity contribution is 5.99. The Morgan fingerprint density at radius 3 is 2.20 bits per heavy atom. The van der Waals surface area contributed by atoms with Crippen LogP contribution in [0.4, 0.5) is 0 Å². The molecule has 0 N–H and O–H groups in total. The van der Waals surface area contributed by atoms with E-state index in [9.17, 15) is 0 Å². The fraction of sp³-hybridized carbons (Fsp3) is 0.250. The molecule has 0 bridgehead atoms. The largest absolute Gasteiger partial charge is 0.256 e. The van der Waals surface area contributed by atoms with Crippen molar-refractivity contribution in [2.75, 3.05) is 0 Å². The molecule has 0 aliphatic heterocycles. The fourth-order valence-corrected chi connectivity index (χ4v) is 4.41. The molecule has 0 atom stereocenters. The predicted octanol–water partition coefficient (Wildman–Crippen LogP) is 8.35. The third-order valence-corrected chi connectivity index (χ3v) is 6.67. The molecule has 0 spiro atoms. The number of fused-ring (bicyclic) bond motifs is 1.